The molecule has 7 heteroatoms. The molecule has 1 fully saturated rings. The van der Waals surface area contributed by atoms with Crippen LogP contribution >= 0.6 is 0 Å². The van der Waals surface area contributed by atoms with Crippen LogP contribution in [0, 0.1) is 0 Å². The molecule has 126 valence electrons. The van der Waals surface area contributed by atoms with E-state index in [4.69, 9.17) is 4.74 Å². The van der Waals surface area contributed by atoms with E-state index in [2.05, 4.69) is 5.10 Å². The zero-order chi connectivity index (χ0) is 17.1. The van der Waals surface area contributed by atoms with Crippen molar-refractivity contribution in [2.45, 2.75) is 19.8 Å². The van der Waals surface area contributed by atoms with E-state index in [-0.39, 0.29) is 18.0 Å². The molecule has 3 rings (SSSR count). The van der Waals surface area contributed by atoms with Crippen LogP contribution in [0.25, 0.3) is 5.69 Å². The van der Waals surface area contributed by atoms with Crippen LogP contribution in [0.4, 0.5) is 5.82 Å². The maximum Gasteiger partial charge on any atom is 0.347 e. The molecule has 24 heavy (non-hydrogen) atoms. The quantitative estimate of drug-likeness (QED) is 0.860. The van der Waals surface area contributed by atoms with E-state index in [1.54, 1.807) is 31.2 Å². The number of carbonyl (C=O) groups is 1. The van der Waals surface area contributed by atoms with E-state index >= 15 is 0 Å². The monoisotopic (exact) mass is 329 g/mol. The van der Waals surface area contributed by atoms with Gasteiger partial charge in [-0.2, -0.15) is 4.68 Å². The number of ether oxygens (including phenoxy) is 1. The molecule has 1 aliphatic heterocycles. The van der Waals surface area contributed by atoms with Gasteiger partial charge in [0.05, 0.1) is 12.3 Å². The minimum Gasteiger partial charge on any atom is -0.503 e. The molecule has 0 radical (unpaired) electrons. The lowest BCUT2D eigenvalue weighted by molar-refractivity contribution is 0.0520. The number of carbonyl (C=O) groups excluding carboxylic acids is 1. The number of hydrogen-bond acceptors (Lipinski definition) is 6. The van der Waals surface area contributed by atoms with Crippen molar-refractivity contribution < 1.29 is 14.6 Å². The molecule has 1 aromatic heterocycles. The third kappa shape index (κ3) is 2.84. The first-order valence-electron chi connectivity index (χ1n) is 7.97. The SMILES string of the molecule is CCOC(=O)c1c(O)c(N2CCCC2)nn(-c2ccccc2)c1=O. The Morgan fingerprint density at radius 3 is 2.54 bits per heavy atom. The molecule has 1 aromatic carbocycles. The second-order valence-electron chi connectivity index (χ2n) is 5.51. The van der Waals surface area contributed by atoms with Gasteiger partial charge in [0.1, 0.15) is 0 Å². The largest absolute Gasteiger partial charge is 0.503 e. The van der Waals surface area contributed by atoms with E-state index in [9.17, 15) is 14.7 Å². The summed E-state index contributed by atoms with van der Waals surface area (Å²) in [6, 6.07) is 8.80. The van der Waals surface area contributed by atoms with Gasteiger partial charge in [-0.25, -0.2) is 4.79 Å². The summed E-state index contributed by atoms with van der Waals surface area (Å²) in [6.07, 6.45) is 1.95. The van der Waals surface area contributed by atoms with Crippen LogP contribution in [0.15, 0.2) is 35.1 Å². The summed E-state index contributed by atoms with van der Waals surface area (Å²) in [5.74, 6) is -1.01. The maximum atomic E-state index is 12.7. The Balaban J connectivity index is 2.22. The van der Waals surface area contributed by atoms with Crippen molar-refractivity contribution in [1.29, 1.82) is 0 Å². The fourth-order valence-electron chi connectivity index (χ4n) is 2.78. The van der Waals surface area contributed by atoms with Crippen molar-refractivity contribution in [3.8, 4) is 11.4 Å². The highest BCUT2D eigenvalue weighted by molar-refractivity contribution is 5.93. The van der Waals surface area contributed by atoms with Crippen LogP contribution in [-0.2, 0) is 4.74 Å². The lowest BCUT2D eigenvalue weighted by atomic mass is 10.2. The first kappa shape index (κ1) is 16.0. The van der Waals surface area contributed by atoms with Crippen molar-refractivity contribution in [3.63, 3.8) is 0 Å². The molecule has 1 aliphatic rings. The Kier molecular flexibility index (Phi) is 4.50. The number of esters is 1. The lowest BCUT2D eigenvalue weighted by Crippen LogP contribution is -2.32. The van der Waals surface area contributed by atoms with Crippen molar-refractivity contribution in [2.24, 2.45) is 0 Å². The molecule has 1 saturated heterocycles. The molecule has 0 atom stereocenters. The Morgan fingerprint density at radius 1 is 1.25 bits per heavy atom. The maximum absolute atomic E-state index is 12.7. The van der Waals surface area contributed by atoms with Gasteiger partial charge >= 0.3 is 5.97 Å². The van der Waals surface area contributed by atoms with Crippen LogP contribution in [-0.4, -0.2) is 40.6 Å². The highest BCUT2D eigenvalue weighted by Gasteiger charge is 2.28. The van der Waals surface area contributed by atoms with E-state index in [0.717, 1.165) is 30.6 Å². The van der Waals surface area contributed by atoms with Crippen LogP contribution in [0.5, 0.6) is 5.75 Å². The topological polar surface area (TPSA) is 84.7 Å². The average molecular weight is 329 g/mol. The number of aromatic hydroxyl groups is 1. The van der Waals surface area contributed by atoms with E-state index < -0.39 is 17.3 Å². The van der Waals surface area contributed by atoms with Crippen molar-refractivity contribution in [3.05, 3.63) is 46.2 Å². The van der Waals surface area contributed by atoms with Gasteiger partial charge in [-0.1, -0.05) is 18.2 Å². The predicted molar refractivity (Wildman–Crippen MR) is 88.9 cm³/mol. The summed E-state index contributed by atoms with van der Waals surface area (Å²) in [4.78, 5) is 26.8. The number of benzene rings is 1. The van der Waals surface area contributed by atoms with Gasteiger partial charge in [-0.3, -0.25) is 4.79 Å². The highest BCUT2D eigenvalue weighted by Crippen LogP contribution is 2.30. The van der Waals surface area contributed by atoms with Crippen LogP contribution in [0.1, 0.15) is 30.1 Å². The van der Waals surface area contributed by atoms with Gasteiger partial charge in [0.2, 0.25) is 0 Å². The van der Waals surface area contributed by atoms with Crippen molar-refractivity contribution in [2.75, 3.05) is 24.6 Å². The summed E-state index contributed by atoms with van der Waals surface area (Å²) in [5, 5.41) is 14.8. The Labute approximate surface area is 139 Å². The van der Waals surface area contributed by atoms with Crippen molar-refractivity contribution >= 4 is 11.8 Å². The number of rotatable bonds is 4. The van der Waals surface area contributed by atoms with Crippen LogP contribution < -0.4 is 10.5 Å². The second-order valence-corrected chi connectivity index (χ2v) is 5.51. The molecule has 0 spiro atoms. The standard InChI is InChI=1S/C17H19N3O4/c1-2-24-17(23)13-14(21)15(19-10-6-7-11-19)18-20(16(13)22)12-8-4-3-5-9-12/h3-5,8-9,21H,2,6-7,10-11H2,1H3. The van der Waals surface area contributed by atoms with E-state index in [0.29, 0.717) is 5.69 Å². The first-order chi connectivity index (χ1) is 11.6. The molecular weight excluding hydrogens is 310 g/mol. The van der Waals surface area contributed by atoms with E-state index in [1.165, 1.54) is 0 Å². The Hall–Kier alpha value is -2.83. The van der Waals surface area contributed by atoms with Gasteiger partial charge in [0, 0.05) is 13.1 Å². The number of hydrogen-bond donors (Lipinski definition) is 1. The summed E-state index contributed by atoms with van der Waals surface area (Å²) in [6.45, 7) is 3.20. The van der Waals surface area contributed by atoms with Gasteiger partial charge in [-0.05, 0) is 31.9 Å². The summed E-state index contributed by atoms with van der Waals surface area (Å²) >= 11 is 0. The average Bonchev–Trinajstić information content (AvgIpc) is 3.10. The van der Waals surface area contributed by atoms with Gasteiger partial charge in [0.25, 0.3) is 5.56 Å². The summed E-state index contributed by atoms with van der Waals surface area (Å²) < 4.78 is 6.08. The second kappa shape index (κ2) is 6.74. The Bertz CT molecular complexity index is 795. The molecule has 0 aliphatic carbocycles. The number of nitrogens with zero attached hydrogens (tertiary/aromatic N) is 3. The zero-order valence-corrected chi connectivity index (χ0v) is 13.4. The zero-order valence-electron chi connectivity index (χ0n) is 13.4. The highest BCUT2D eigenvalue weighted by atomic mass is 16.5. The third-order valence-corrected chi connectivity index (χ3v) is 3.94. The molecule has 0 bridgehead atoms. The van der Waals surface area contributed by atoms with Crippen molar-refractivity contribution in [1.82, 2.24) is 9.78 Å². The predicted octanol–water partition coefficient (Wildman–Crippen LogP) is 1.71. The van der Waals surface area contributed by atoms with Crippen LogP contribution in [0.2, 0.25) is 0 Å². The van der Waals surface area contributed by atoms with E-state index in [1.807, 2.05) is 11.0 Å². The fraction of sp³-hybridized carbons (Fsp3) is 0.353. The normalized spacial score (nSPS) is 14.0. The first-order valence-corrected chi connectivity index (χ1v) is 7.97. The number of para-hydroxylation sites is 1. The lowest BCUT2D eigenvalue weighted by Gasteiger charge is -2.20. The molecule has 0 unspecified atom stereocenters. The van der Waals surface area contributed by atoms with Gasteiger partial charge < -0.3 is 14.7 Å². The molecule has 0 amide bonds. The molecule has 2 heterocycles. The minimum absolute atomic E-state index is 0.115. The molecule has 7 nitrogen and oxygen atoms in total. The fourth-order valence-corrected chi connectivity index (χ4v) is 2.78. The number of anilines is 1. The molecule has 0 saturated carbocycles. The Morgan fingerprint density at radius 2 is 1.92 bits per heavy atom. The number of aromatic nitrogens is 2. The molecule has 2 aromatic rings. The third-order valence-electron chi connectivity index (χ3n) is 3.94. The summed E-state index contributed by atoms with van der Waals surface area (Å²) in [7, 11) is 0. The summed E-state index contributed by atoms with van der Waals surface area (Å²) in [5.41, 5.74) is -0.550. The molecule has 1 N–H and O–H groups in total. The van der Waals surface area contributed by atoms with Crippen LogP contribution in [0.3, 0.4) is 0 Å². The van der Waals surface area contributed by atoms with Gasteiger partial charge in [-0.15, -0.1) is 5.10 Å². The molecular formula is C17H19N3O4. The minimum atomic E-state index is -0.840. The smallest absolute Gasteiger partial charge is 0.347 e. The van der Waals surface area contributed by atoms with Gasteiger partial charge in [0.15, 0.2) is 17.1 Å².